The minimum atomic E-state index is 0.00822. The van der Waals surface area contributed by atoms with E-state index in [-0.39, 0.29) is 5.78 Å². The molecule has 1 aliphatic rings. The highest BCUT2D eigenvalue weighted by Crippen LogP contribution is 2.34. The summed E-state index contributed by atoms with van der Waals surface area (Å²) in [5.74, 6) is 1.12. The summed E-state index contributed by atoms with van der Waals surface area (Å²) < 4.78 is 0. The molecule has 1 aliphatic carbocycles. The van der Waals surface area contributed by atoms with Crippen LogP contribution in [-0.2, 0) is 0 Å². The van der Waals surface area contributed by atoms with Crippen LogP contribution in [0.2, 0.25) is 0 Å². The summed E-state index contributed by atoms with van der Waals surface area (Å²) in [6.07, 6.45) is 6.43. The van der Waals surface area contributed by atoms with Gasteiger partial charge < -0.3 is 5.32 Å². The fraction of sp³-hybridized carbons (Fsp3) is 0.421. The Morgan fingerprint density at radius 2 is 1.91 bits per heavy atom. The van der Waals surface area contributed by atoms with Crippen molar-refractivity contribution in [3.05, 3.63) is 53.3 Å². The number of aryl methyl sites for hydroxylation is 1. The van der Waals surface area contributed by atoms with Gasteiger partial charge in [0.25, 0.3) is 0 Å². The quantitative estimate of drug-likeness (QED) is 0.863. The van der Waals surface area contributed by atoms with Gasteiger partial charge >= 0.3 is 0 Å². The van der Waals surface area contributed by atoms with Gasteiger partial charge in [0.15, 0.2) is 5.78 Å². The van der Waals surface area contributed by atoms with Crippen LogP contribution in [0.3, 0.4) is 0 Å². The third kappa shape index (κ3) is 3.58. The average Bonchev–Trinajstić information content (AvgIpc) is 2.56. The lowest BCUT2D eigenvalue weighted by molar-refractivity contribution is 0.101. The van der Waals surface area contributed by atoms with Gasteiger partial charge in [-0.1, -0.05) is 43.2 Å². The van der Waals surface area contributed by atoms with E-state index in [2.05, 4.69) is 45.6 Å². The van der Waals surface area contributed by atoms with Crippen LogP contribution in [0.15, 0.2) is 36.5 Å². The van der Waals surface area contributed by atoms with Crippen LogP contribution in [0.25, 0.3) is 0 Å². The van der Waals surface area contributed by atoms with E-state index < -0.39 is 0 Å². The molecular weight excluding hydrogens is 286 g/mol. The number of Topliss-reactive ketones (excluding diaryl/α,β-unsaturated/α-hetero) is 1. The number of rotatable bonds is 4. The molecule has 1 aromatic carbocycles. The standard InChI is InChI=1S/C19H23N3O/c1-13-17(14(2)23)12-20-19(21-13)22-18-11-7-6-10-16(18)15-8-4-3-5-9-15/h3-5,8-9,12,16,18H,6-7,10-11H2,1-2H3,(H,20,21,22)/t16-,18+/m0/s1. The van der Waals surface area contributed by atoms with Crippen LogP contribution in [0.5, 0.6) is 0 Å². The Kier molecular flexibility index (Phi) is 4.70. The summed E-state index contributed by atoms with van der Waals surface area (Å²) in [5, 5.41) is 3.50. The fourth-order valence-corrected chi connectivity index (χ4v) is 3.45. The number of aromatic nitrogens is 2. The Morgan fingerprint density at radius 3 is 2.61 bits per heavy atom. The largest absolute Gasteiger partial charge is 0.351 e. The number of ketones is 1. The van der Waals surface area contributed by atoms with Gasteiger partial charge in [0.05, 0.1) is 11.3 Å². The maximum absolute atomic E-state index is 11.5. The van der Waals surface area contributed by atoms with Crippen molar-refractivity contribution < 1.29 is 4.79 Å². The maximum Gasteiger partial charge on any atom is 0.223 e. The monoisotopic (exact) mass is 309 g/mol. The van der Waals surface area contributed by atoms with Crippen LogP contribution in [-0.4, -0.2) is 21.8 Å². The van der Waals surface area contributed by atoms with Crippen molar-refractivity contribution in [2.24, 2.45) is 0 Å². The summed E-state index contributed by atoms with van der Waals surface area (Å²) in [7, 11) is 0. The van der Waals surface area contributed by atoms with Crippen molar-refractivity contribution in [3.63, 3.8) is 0 Å². The summed E-state index contributed by atoms with van der Waals surface area (Å²) in [4.78, 5) is 20.3. The third-order valence-corrected chi connectivity index (χ3v) is 4.67. The molecular formula is C19H23N3O. The number of nitrogens with one attached hydrogen (secondary N) is 1. The van der Waals surface area contributed by atoms with Gasteiger partial charge in [-0.3, -0.25) is 4.79 Å². The van der Waals surface area contributed by atoms with Gasteiger partial charge in [-0.25, -0.2) is 9.97 Å². The smallest absolute Gasteiger partial charge is 0.223 e. The van der Waals surface area contributed by atoms with Gasteiger partial charge in [-0.05, 0) is 32.3 Å². The lowest BCUT2D eigenvalue weighted by Gasteiger charge is -2.32. The lowest BCUT2D eigenvalue weighted by atomic mass is 9.80. The number of hydrogen-bond donors (Lipinski definition) is 1. The number of nitrogens with zero attached hydrogens (tertiary/aromatic N) is 2. The molecule has 2 atom stereocenters. The molecule has 0 saturated heterocycles. The predicted octanol–water partition coefficient (Wildman–Crippen LogP) is 4.13. The van der Waals surface area contributed by atoms with E-state index >= 15 is 0 Å². The van der Waals surface area contributed by atoms with Crippen molar-refractivity contribution >= 4 is 11.7 Å². The fourth-order valence-electron chi connectivity index (χ4n) is 3.45. The zero-order valence-corrected chi connectivity index (χ0v) is 13.7. The molecule has 1 heterocycles. The average molecular weight is 309 g/mol. The molecule has 0 unspecified atom stereocenters. The van der Waals surface area contributed by atoms with Crippen LogP contribution in [0, 0.1) is 6.92 Å². The normalized spacial score (nSPS) is 21.0. The molecule has 0 aliphatic heterocycles. The first-order chi connectivity index (χ1) is 11.1. The molecule has 1 saturated carbocycles. The van der Waals surface area contributed by atoms with Crippen LogP contribution in [0.4, 0.5) is 5.95 Å². The van der Waals surface area contributed by atoms with Crippen molar-refractivity contribution in [2.75, 3.05) is 5.32 Å². The van der Waals surface area contributed by atoms with Crippen molar-refractivity contribution in [2.45, 2.75) is 51.5 Å². The molecule has 3 rings (SSSR count). The van der Waals surface area contributed by atoms with E-state index in [4.69, 9.17) is 0 Å². The first-order valence-electron chi connectivity index (χ1n) is 8.31. The second-order valence-electron chi connectivity index (χ2n) is 6.30. The van der Waals surface area contributed by atoms with Crippen LogP contribution in [0.1, 0.15) is 60.1 Å². The van der Waals surface area contributed by atoms with Gasteiger partial charge in [-0.2, -0.15) is 0 Å². The van der Waals surface area contributed by atoms with Gasteiger partial charge in [0, 0.05) is 18.2 Å². The van der Waals surface area contributed by atoms with E-state index in [0.717, 1.165) is 12.1 Å². The molecule has 2 aromatic rings. The SMILES string of the molecule is CC(=O)c1cnc(N[C@@H]2CCCC[C@H]2c2ccccc2)nc1C. The molecule has 0 amide bonds. The molecule has 4 nitrogen and oxygen atoms in total. The Hall–Kier alpha value is -2.23. The zero-order chi connectivity index (χ0) is 16.2. The van der Waals surface area contributed by atoms with Crippen LogP contribution >= 0.6 is 0 Å². The number of anilines is 1. The van der Waals surface area contributed by atoms with Gasteiger partial charge in [0.2, 0.25) is 5.95 Å². The minimum absolute atomic E-state index is 0.00822. The van der Waals surface area contributed by atoms with E-state index in [1.165, 1.54) is 24.8 Å². The minimum Gasteiger partial charge on any atom is -0.351 e. The number of carbonyl (C=O) groups is 1. The second-order valence-corrected chi connectivity index (χ2v) is 6.30. The zero-order valence-electron chi connectivity index (χ0n) is 13.7. The van der Waals surface area contributed by atoms with E-state index in [1.54, 1.807) is 13.1 Å². The second kappa shape index (κ2) is 6.90. The van der Waals surface area contributed by atoms with E-state index in [1.807, 2.05) is 6.92 Å². The topological polar surface area (TPSA) is 54.9 Å². The molecule has 0 radical (unpaired) electrons. The molecule has 1 fully saturated rings. The Labute approximate surface area is 137 Å². The highest BCUT2D eigenvalue weighted by atomic mass is 16.1. The molecule has 0 bridgehead atoms. The Balaban J connectivity index is 1.80. The number of benzene rings is 1. The molecule has 1 N–H and O–H groups in total. The molecule has 120 valence electrons. The summed E-state index contributed by atoms with van der Waals surface area (Å²) in [6.45, 7) is 3.41. The Morgan fingerprint density at radius 1 is 1.17 bits per heavy atom. The third-order valence-electron chi connectivity index (χ3n) is 4.67. The molecule has 1 aromatic heterocycles. The van der Waals surface area contributed by atoms with Gasteiger partial charge in [-0.15, -0.1) is 0 Å². The highest BCUT2D eigenvalue weighted by molar-refractivity contribution is 5.94. The van der Waals surface area contributed by atoms with Gasteiger partial charge in [0.1, 0.15) is 0 Å². The summed E-state index contributed by atoms with van der Waals surface area (Å²) in [5.41, 5.74) is 2.71. The maximum atomic E-state index is 11.5. The first-order valence-corrected chi connectivity index (χ1v) is 8.31. The first kappa shape index (κ1) is 15.7. The highest BCUT2D eigenvalue weighted by Gasteiger charge is 2.27. The van der Waals surface area contributed by atoms with Crippen molar-refractivity contribution in [1.29, 1.82) is 0 Å². The summed E-state index contributed by atoms with van der Waals surface area (Å²) in [6, 6.07) is 11.0. The Bertz CT molecular complexity index is 684. The van der Waals surface area contributed by atoms with Crippen LogP contribution < -0.4 is 5.32 Å². The lowest BCUT2D eigenvalue weighted by Crippen LogP contribution is -2.31. The molecule has 23 heavy (non-hydrogen) atoms. The van der Waals surface area contributed by atoms with Crippen molar-refractivity contribution in [3.8, 4) is 0 Å². The number of carbonyl (C=O) groups excluding carboxylic acids is 1. The van der Waals surface area contributed by atoms with Crippen molar-refractivity contribution in [1.82, 2.24) is 9.97 Å². The summed E-state index contributed by atoms with van der Waals surface area (Å²) >= 11 is 0. The predicted molar refractivity (Wildman–Crippen MR) is 91.8 cm³/mol. The molecule has 0 spiro atoms. The molecule has 4 heteroatoms. The van der Waals surface area contributed by atoms with E-state index in [9.17, 15) is 4.79 Å². The number of hydrogen-bond acceptors (Lipinski definition) is 4. The van der Waals surface area contributed by atoms with E-state index in [0.29, 0.717) is 23.5 Å².